The van der Waals surface area contributed by atoms with Crippen LogP contribution in [-0.2, 0) is 23.7 Å². The Balaban J connectivity index is 0.777. The summed E-state index contributed by atoms with van der Waals surface area (Å²) < 4.78 is 39.1. The molecule has 62 heavy (non-hydrogen) atoms. The Morgan fingerprint density at radius 1 is 0.952 bits per heavy atom. The van der Waals surface area contributed by atoms with Gasteiger partial charge in [-0.15, -0.1) is 0 Å². The predicted molar refractivity (Wildman–Crippen MR) is 234 cm³/mol. The lowest BCUT2D eigenvalue weighted by Crippen LogP contribution is -2.50. The number of hydrogen-bond acceptors (Lipinski definition) is 12. The fourth-order valence-corrected chi connectivity index (χ4v) is 10.0. The van der Waals surface area contributed by atoms with Gasteiger partial charge in [-0.25, -0.2) is 13.8 Å². The van der Waals surface area contributed by atoms with Gasteiger partial charge in [0.25, 0.3) is 5.56 Å². The molecule has 4 atom stereocenters. The second-order valence-corrected chi connectivity index (χ2v) is 18.2. The van der Waals surface area contributed by atoms with Crippen LogP contribution in [0.4, 0.5) is 37.6 Å². The van der Waals surface area contributed by atoms with Crippen molar-refractivity contribution < 1.29 is 23.1 Å². The first kappa shape index (κ1) is 40.5. The number of anilines is 5. The SMILES string of the molecule is C[C@@H]1CN(c2ncc(Cl)c(Nc3ccc4c(c3)c3c(c(=O)n4C)OCC(F)(F)C(C4CC4)N3)n2)CC[C@H]1CN1CCN(c2ccc3c(C4CCC(=O)NC4=O)nn(C)c3c2)CC1. The van der Waals surface area contributed by atoms with Crippen LogP contribution in [0, 0.1) is 17.8 Å². The van der Waals surface area contributed by atoms with Crippen LogP contribution in [-0.4, -0.2) is 105 Å². The number of aryl methyl sites for hydroxylation is 2. The molecule has 4 aliphatic heterocycles. The zero-order valence-electron chi connectivity index (χ0n) is 35.0. The van der Waals surface area contributed by atoms with Crippen molar-refractivity contribution in [2.45, 2.75) is 56.9 Å². The van der Waals surface area contributed by atoms with Crippen LogP contribution < -0.4 is 36.0 Å². The highest BCUT2D eigenvalue weighted by molar-refractivity contribution is 6.33. The minimum Gasteiger partial charge on any atom is -0.480 e. The van der Waals surface area contributed by atoms with Gasteiger partial charge in [-0.1, -0.05) is 18.5 Å². The molecule has 3 aromatic heterocycles. The highest BCUT2D eigenvalue weighted by atomic mass is 35.5. The lowest BCUT2D eigenvalue weighted by molar-refractivity contribution is -0.134. The second-order valence-electron chi connectivity index (χ2n) is 17.8. The van der Waals surface area contributed by atoms with Gasteiger partial charge >= 0.3 is 5.92 Å². The minimum atomic E-state index is -3.13. The monoisotopic (exact) mass is 869 g/mol. The fraction of sp³-hybridized carbons (Fsp3) is 0.500. The molecule has 15 nitrogen and oxygen atoms in total. The summed E-state index contributed by atoms with van der Waals surface area (Å²) in [7, 11) is 3.51. The number of nitrogens with one attached hydrogen (secondary N) is 3. The van der Waals surface area contributed by atoms with E-state index in [1.165, 1.54) is 4.57 Å². The van der Waals surface area contributed by atoms with E-state index in [1.54, 1.807) is 19.3 Å². The van der Waals surface area contributed by atoms with Crippen molar-refractivity contribution in [1.29, 1.82) is 0 Å². The van der Waals surface area contributed by atoms with E-state index < -0.39 is 30.0 Å². The zero-order valence-corrected chi connectivity index (χ0v) is 35.7. The van der Waals surface area contributed by atoms with Crippen LogP contribution in [0.1, 0.15) is 50.6 Å². The molecule has 5 aliphatic rings. The number of piperazine rings is 1. The van der Waals surface area contributed by atoms with Crippen LogP contribution in [0.3, 0.4) is 0 Å². The Morgan fingerprint density at radius 3 is 2.52 bits per heavy atom. The quantitative estimate of drug-likeness (QED) is 0.166. The Bertz CT molecular complexity index is 2660. The van der Waals surface area contributed by atoms with E-state index in [0.29, 0.717) is 70.9 Å². The van der Waals surface area contributed by atoms with Crippen LogP contribution in [0.2, 0.25) is 5.02 Å². The van der Waals surface area contributed by atoms with Crippen molar-refractivity contribution in [1.82, 2.24) is 34.5 Å². The summed E-state index contributed by atoms with van der Waals surface area (Å²) in [5.41, 5.74) is 3.84. The van der Waals surface area contributed by atoms with Gasteiger partial charge in [0.1, 0.15) is 5.02 Å². The van der Waals surface area contributed by atoms with E-state index in [-0.39, 0.29) is 29.2 Å². The summed E-state index contributed by atoms with van der Waals surface area (Å²) in [4.78, 5) is 54.3. The number of benzene rings is 2. The van der Waals surface area contributed by atoms with Gasteiger partial charge in [-0.2, -0.15) is 10.1 Å². The molecule has 3 N–H and O–H groups in total. The highest BCUT2D eigenvalue weighted by Gasteiger charge is 2.51. The van der Waals surface area contributed by atoms with E-state index >= 15 is 8.78 Å². The Hall–Kier alpha value is -5.55. The molecule has 2 aromatic carbocycles. The molecule has 0 radical (unpaired) electrons. The number of rotatable bonds is 8. The standard InChI is InChI=1S/C44H50ClF2N11O4/c1-24-21-58(13-12-26(24)22-56-14-16-57(17-15-56)28-7-8-29-34(19-28)55(3)53-36(29)30-9-11-35(59)50-41(30)60)43-48-20-32(45)40(52-43)49-27-6-10-33-31(18-27)37-38(42(61)54(33)2)62-23-44(46,47)39(51-37)25-4-5-25/h6-8,10,18-20,24-26,30,39,51H,4-5,9,11-17,21-23H2,1-3H3,(H,48,49,52)(H,50,59,60)/t24-,26+,30?,39?/m1/s1. The van der Waals surface area contributed by atoms with Crippen LogP contribution in [0.5, 0.6) is 5.75 Å². The maximum atomic E-state index is 15.2. The highest BCUT2D eigenvalue weighted by Crippen LogP contribution is 2.46. The smallest absolute Gasteiger partial charge is 0.301 e. The Morgan fingerprint density at radius 2 is 1.76 bits per heavy atom. The average molecular weight is 870 g/mol. The number of carbonyl (C=O) groups excluding carboxylic acids is 2. The molecule has 326 valence electrons. The number of amides is 2. The van der Waals surface area contributed by atoms with Crippen molar-refractivity contribution in [2.24, 2.45) is 31.8 Å². The number of ether oxygens (including phenoxy) is 1. The summed E-state index contributed by atoms with van der Waals surface area (Å²) in [5.74, 6) is -2.45. The number of alkyl halides is 2. The largest absolute Gasteiger partial charge is 0.480 e. The van der Waals surface area contributed by atoms with Gasteiger partial charge in [-0.05, 0) is 79.8 Å². The van der Waals surface area contributed by atoms with Gasteiger partial charge in [0.2, 0.25) is 23.5 Å². The molecule has 7 heterocycles. The topological polar surface area (TPSA) is 155 Å². The molecule has 2 unspecified atom stereocenters. The summed E-state index contributed by atoms with van der Waals surface area (Å²) >= 11 is 6.66. The van der Waals surface area contributed by atoms with Gasteiger partial charge in [0.05, 0.1) is 40.6 Å². The summed E-state index contributed by atoms with van der Waals surface area (Å²) in [6, 6.07) is 10.6. The molecular formula is C44H50ClF2N11O4. The maximum Gasteiger partial charge on any atom is 0.301 e. The first-order chi connectivity index (χ1) is 29.8. The molecule has 18 heteroatoms. The number of nitrogens with zero attached hydrogens (tertiary/aromatic N) is 8. The molecule has 0 spiro atoms. The van der Waals surface area contributed by atoms with Crippen LogP contribution in [0.15, 0.2) is 47.4 Å². The lowest BCUT2D eigenvalue weighted by Gasteiger charge is -2.42. The third kappa shape index (κ3) is 7.46. The Kier molecular flexibility index (Phi) is 10.2. The molecule has 10 rings (SSSR count). The number of hydrogen-bond donors (Lipinski definition) is 3. The second kappa shape index (κ2) is 15.7. The van der Waals surface area contributed by atoms with E-state index in [4.69, 9.17) is 26.4 Å². The maximum absolute atomic E-state index is 15.2. The first-order valence-electron chi connectivity index (χ1n) is 21.6. The zero-order chi connectivity index (χ0) is 43.0. The number of aromatic nitrogens is 5. The van der Waals surface area contributed by atoms with Crippen molar-refractivity contribution >= 4 is 74.0 Å². The number of fused-ring (bicyclic) bond motifs is 4. The number of pyridine rings is 1. The van der Waals surface area contributed by atoms with Crippen LogP contribution >= 0.6 is 11.6 Å². The number of imide groups is 1. The summed E-state index contributed by atoms with van der Waals surface area (Å²) in [6.07, 6.45) is 4.78. The third-order valence-corrected chi connectivity index (χ3v) is 13.9. The van der Waals surface area contributed by atoms with Gasteiger partial charge in [-0.3, -0.25) is 29.3 Å². The molecule has 1 aliphatic carbocycles. The van der Waals surface area contributed by atoms with E-state index in [0.717, 1.165) is 74.5 Å². The Labute approximate surface area is 361 Å². The number of halogens is 3. The molecule has 4 fully saturated rings. The van der Waals surface area contributed by atoms with E-state index in [9.17, 15) is 14.4 Å². The molecule has 0 bridgehead atoms. The van der Waals surface area contributed by atoms with E-state index in [1.807, 2.05) is 23.9 Å². The van der Waals surface area contributed by atoms with Crippen molar-refractivity contribution in [3.63, 3.8) is 0 Å². The third-order valence-electron chi connectivity index (χ3n) is 13.6. The molecular weight excluding hydrogens is 820 g/mol. The summed E-state index contributed by atoms with van der Waals surface area (Å²) in [6.45, 7) is 7.78. The molecule has 1 saturated carbocycles. The average Bonchev–Trinajstić information content (AvgIpc) is 4.06. The van der Waals surface area contributed by atoms with Crippen molar-refractivity contribution in [3.05, 3.63) is 63.7 Å². The number of piperidine rings is 2. The lowest BCUT2D eigenvalue weighted by atomic mass is 9.86. The fourth-order valence-electron chi connectivity index (χ4n) is 9.87. The normalized spacial score (nSPS) is 24.4. The number of carbonyl (C=O) groups is 2. The van der Waals surface area contributed by atoms with Crippen LogP contribution in [0.25, 0.3) is 21.8 Å². The van der Waals surface area contributed by atoms with E-state index in [2.05, 4.69) is 60.8 Å². The van der Waals surface area contributed by atoms with Gasteiger partial charge in [0, 0.05) is 88.5 Å². The van der Waals surface area contributed by atoms with Crippen molar-refractivity contribution in [3.8, 4) is 5.75 Å². The molecule has 5 aromatic rings. The predicted octanol–water partition coefficient (Wildman–Crippen LogP) is 5.64. The summed E-state index contributed by atoms with van der Waals surface area (Å²) in [5, 5.41) is 15.4. The van der Waals surface area contributed by atoms with Crippen molar-refractivity contribution in [2.75, 3.05) is 72.9 Å². The van der Waals surface area contributed by atoms with Gasteiger partial charge in [0.15, 0.2) is 12.4 Å². The van der Waals surface area contributed by atoms with Gasteiger partial charge < -0.3 is 29.7 Å². The first-order valence-corrected chi connectivity index (χ1v) is 21.9. The molecule has 3 saturated heterocycles. The minimum absolute atomic E-state index is 0.106. The molecule has 2 amide bonds.